The van der Waals surface area contributed by atoms with E-state index < -0.39 is 0 Å². The Morgan fingerprint density at radius 2 is 1.78 bits per heavy atom. The number of hydrogen-bond donors (Lipinski definition) is 2. The molecule has 2 aliphatic rings. The predicted octanol–water partition coefficient (Wildman–Crippen LogP) is 3.55. The Morgan fingerprint density at radius 1 is 1.04 bits per heavy atom. The minimum absolute atomic E-state index is 0.0480. The predicted molar refractivity (Wildman–Crippen MR) is 109 cm³/mol. The molecule has 2 atom stereocenters. The molecule has 1 saturated heterocycles. The van der Waals surface area contributed by atoms with Crippen molar-refractivity contribution in [1.29, 1.82) is 0 Å². The fourth-order valence-electron chi connectivity index (χ4n) is 5.27. The highest BCUT2D eigenvalue weighted by Gasteiger charge is 2.32. The van der Waals surface area contributed by atoms with Gasteiger partial charge < -0.3 is 15.0 Å². The molecular formula is C22H33N3O2. The van der Waals surface area contributed by atoms with Gasteiger partial charge in [0.05, 0.1) is 11.0 Å². The summed E-state index contributed by atoms with van der Waals surface area (Å²) in [6.45, 7) is 3.21. The number of hydrogen-bond acceptors (Lipinski definition) is 3. The summed E-state index contributed by atoms with van der Waals surface area (Å²) in [5.74, 6) is 0.918. The molecule has 0 bridgehead atoms. The molecule has 2 N–H and O–H groups in total. The third-order valence-electron chi connectivity index (χ3n) is 6.71. The number of fused-ring (bicyclic) bond motifs is 1. The van der Waals surface area contributed by atoms with Gasteiger partial charge in [0.2, 0.25) is 0 Å². The second-order valence-electron chi connectivity index (χ2n) is 8.59. The average molecular weight is 372 g/mol. The molecule has 1 saturated carbocycles. The highest BCUT2D eigenvalue weighted by atomic mass is 16.3. The summed E-state index contributed by atoms with van der Waals surface area (Å²) in [6.07, 6.45) is 10.6. The molecule has 1 aromatic carbocycles. The van der Waals surface area contributed by atoms with Gasteiger partial charge in [-0.1, -0.05) is 44.2 Å². The number of benzene rings is 1. The number of para-hydroxylation sites is 2. The first-order valence-electron chi connectivity index (χ1n) is 10.8. The van der Waals surface area contributed by atoms with Crippen LogP contribution >= 0.6 is 0 Å². The van der Waals surface area contributed by atoms with Crippen molar-refractivity contribution in [3.05, 3.63) is 34.7 Å². The number of aromatic amines is 1. The first kappa shape index (κ1) is 18.8. The third kappa shape index (κ3) is 4.14. The second kappa shape index (κ2) is 8.61. The van der Waals surface area contributed by atoms with Crippen LogP contribution in [0, 0.1) is 11.8 Å². The van der Waals surface area contributed by atoms with E-state index in [1.54, 1.807) is 0 Å². The number of nitrogens with zero attached hydrogens (tertiary/aromatic N) is 2. The molecular weight excluding hydrogens is 338 g/mol. The van der Waals surface area contributed by atoms with Crippen molar-refractivity contribution in [2.24, 2.45) is 11.8 Å². The van der Waals surface area contributed by atoms with E-state index in [2.05, 4.69) is 9.88 Å². The normalized spacial score (nSPS) is 26.1. The number of likely N-dealkylation sites (tertiary alicyclic amines) is 1. The lowest BCUT2D eigenvalue weighted by Crippen LogP contribution is -2.46. The molecule has 1 aromatic heterocycles. The average Bonchev–Trinajstić information content (AvgIpc) is 2.99. The van der Waals surface area contributed by atoms with Crippen LogP contribution in [0.3, 0.4) is 0 Å². The Labute approximate surface area is 161 Å². The van der Waals surface area contributed by atoms with E-state index in [9.17, 15) is 9.90 Å². The molecule has 5 nitrogen and oxygen atoms in total. The smallest absolute Gasteiger partial charge is 0.326 e. The Morgan fingerprint density at radius 3 is 2.56 bits per heavy atom. The number of aliphatic hydroxyl groups is 1. The van der Waals surface area contributed by atoms with Gasteiger partial charge in [0.25, 0.3) is 0 Å². The van der Waals surface area contributed by atoms with E-state index in [4.69, 9.17) is 0 Å². The summed E-state index contributed by atoms with van der Waals surface area (Å²) >= 11 is 0. The van der Waals surface area contributed by atoms with Crippen LogP contribution in [0.5, 0.6) is 0 Å². The van der Waals surface area contributed by atoms with Gasteiger partial charge in [0, 0.05) is 38.2 Å². The standard InChI is InChI=1S/C22H33N3O2/c26-16-18-15-24(14-17-8-4-2-1-3-5-9-17)13-12-20(18)25-21-11-7-6-10-19(21)23-22(25)27/h6-7,10-11,17-18,20,26H,1-5,8-9,12-16H2,(H,23,27). The van der Waals surface area contributed by atoms with Gasteiger partial charge in [-0.3, -0.25) is 4.57 Å². The molecule has 2 heterocycles. The van der Waals surface area contributed by atoms with Gasteiger partial charge in [-0.05, 0) is 37.3 Å². The van der Waals surface area contributed by atoms with Gasteiger partial charge in [-0.2, -0.15) is 0 Å². The zero-order valence-electron chi connectivity index (χ0n) is 16.3. The molecule has 27 heavy (non-hydrogen) atoms. The van der Waals surface area contributed by atoms with Crippen LogP contribution in [-0.2, 0) is 0 Å². The van der Waals surface area contributed by atoms with Crippen molar-refractivity contribution in [2.45, 2.75) is 57.4 Å². The van der Waals surface area contributed by atoms with E-state index in [-0.39, 0.29) is 24.3 Å². The van der Waals surface area contributed by atoms with Crippen LogP contribution in [0.4, 0.5) is 0 Å². The third-order valence-corrected chi connectivity index (χ3v) is 6.71. The molecule has 0 radical (unpaired) electrons. The van der Waals surface area contributed by atoms with Gasteiger partial charge in [0.1, 0.15) is 0 Å². The van der Waals surface area contributed by atoms with E-state index in [0.717, 1.165) is 43.0 Å². The Kier molecular flexibility index (Phi) is 5.98. The maximum Gasteiger partial charge on any atom is 0.326 e. The van der Waals surface area contributed by atoms with Crippen LogP contribution in [0.15, 0.2) is 29.1 Å². The molecule has 0 spiro atoms. The summed E-state index contributed by atoms with van der Waals surface area (Å²) in [7, 11) is 0. The SMILES string of the molecule is O=c1[nH]c2ccccc2n1C1CCN(CC2CCCCCCC2)CC1CO. The maximum absolute atomic E-state index is 12.6. The highest BCUT2D eigenvalue weighted by molar-refractivity contribution is 5.75. The van der Waals surface area contributed by atoms with Gasteiger partial charge in [-0.15, -0.1) is 0 Å². The number of aliphatic hydroxyl groups excluding tert-OH is 1. The molecule has 148 valence electrons. The number of rotatable bonds is 4. The molecule has 0 amide bonds. The topological polar surface area (TPSA) is 61.3 Å². The number of nitrogens with one attached hydrogen (secondary N) is 1. The number of piperidine rings is 1. The quantitative estimate of drug-likeness (QED) is 0.864. The van der Waals surface area contributed by atoms with Crippen LogP contribution in [0.25, 0.3) is 11.0 Å². The largest absolute Gasteiger partial charge is 0.396 e. The van der Waals surface area contributed by atoms with E-state index >= 15 is 0 Å². The first-order chi connectivity index (χ1) is 13.3. The minimum Gasteiger partial charge on any atom is -0.396 e. The second-order valence-corrected chi connectivity index (χ2v) is 8.59. The Hall–Kier alpha value is -1.59. The van der Waals surface area contributed by atoms with Crippen LogP contribution in [0.1, 0.15) is 57.4 Å². The maximum atomic E-state index is 12.6. The van der Waals surface area contributed by atoms with Gasteiger partial charge >= 0.3 is 5.69 Å². The molecule has 2 fully saturated rings. The van der Waals surface area contributed by atoms with Crippen molar-refractivity contribution in [1.82, 2.24) is 14.5 Å². The lowest BCUT2D eigenvalue weighted by Gasteiger charge is -2.40. The van der Waals surface area contributed by atoms with E-state index in [1.807, 2.05) is 28.8 Å². The van der Waals surface area contributed by atoms with Crippen molar-refractivity contribution >= 4 is 11.0 Å². The van der Waals surface area contributed by atoms with E-state index in [1.165, 1.54) is 44.9 Å². The van der Waals surface area contributed by atoms with E-state index in [0.29, 0.717) is 0 Å². The van der Waals surface area contributed by atoms with Crippen LogP contribution in [0.2, 0.25) is 0 Å². The number of H-pyrrole nitrogens is 1. The van der Waals surface area contributed by atoms with Crippen molar-refractivity contribution in [3.8, 4) is 0 Å². The fourth-order valence-corrected chi connectivity index (χ4v) is 5.27. The highest BCUT2D eigenvalue weighted by Crippen LogP contribution is 2.31. The van der Waals surface area contributed by atoms with Crippen LogP contribution < -0.4 is 5.69 Å². The summed E-state index contributed by atoms with van der Waals surface area (Å²) < 4.78 is 1.89. The molecule has 4 rings (SSSR count). The first-order valence-corrected chi connectivity index (χ1v) is 10.8. The Bertz CT molecular complexity index is 788. The zero-order chi connectivity index (χ0) is 18.6. The van der Waals surface area contributed by atoms with Crippen molar-refractivity contribution in [2.75, 3.05) is 26.2 Å². The molecule has 2 unspecified atom stereocenters. The van der Waals surface area contributed by atoms with Gasteiger partial charge in [-0.25, -0.2) is 4.79 Å². The zero-order valence-corrected chi connectivity index (χ0v) is 16.3. The lowest BCUT2D eigenvalue weighted by atomic mass is 9.88. The molecule has 1 aliphatic carbocycles. The molecule has 2 aromatic rings. The summed E-state index contributed by atoms with van der Waals surface area (Å²) in [5, 5.41) is 10.1. The molecule has 5 heteroatoms. The molecule has 1 aliphatic heterocycles. The van der Waals surface area contributed by atoms with Crippen molar-refractivity contribution in [3.63, 3.8) is 0 Å². The number of aromatic nitrogens is 2. The summed E-state index contributed by atoms with van der Waals surface area (Å²) in [5.41, 5.74) is 1.80. The van der Waals surface area contributed by atoms with Crippen molar-refractivity contribution < 1.29 is 5.11 Å². The Balaban J connectivity index is 1.46. The number of imidazole rings is 1. The van der Waals surface area contributed by atoms with Crippen LogP contribution in [-0.4, -0.2) is 45.8 Å². The summed E-state index contributed by atoms with van der Waals surface area (Å²) in [4.78, 5) is 18.1. The summed E-state index contributed by atoms with van der Waals surface area (Å²) in [6, 6.07) is 7.95. The lowest BCUT2D eigenvalue weighted by molar-refractivity contribution is 0.0650. The fraction of sp³-hybridized carbons (Fsp3) is 0.682. The monoisotopic (exact) mass is 371 g/mol. The minimum atomic E-state index is -0.0480. The van der Waals surface area contributed by atoms with Gasteiger partial charge in [0.15, 0.2) is 0 Å².